The fourth-order valence-corrected chi connectivity index (χ4v) is 2.67. The second-order valence-corrected chi connectivity index (χ2v) is 7.20. The Morgan fingerprint density at radius 2 is 1.89 bits per heavy atom. The lowest BCUT2D eigenvalue weighted by Crippen LogP contribution is -2.38. The summed E-state index contributed by atoms with van der Waals surface area (Å²) in [6, 6.07) is 11.1. The summed E-state index contributed by atoms with van der Waals surface area (Å²) in [6.07, 6.45) is 4.97. The van der Waals surface area contributed by atoms with Crippen molar-refractivity contribution in [2.24, 2.45) is 16.6 Å². The molecule has 0 saturated carbocycles. The van der Waals surface area contributed by atoms with Crippen LogP contribution >= 0.6 is 0 Å². The van der Waals surface area contributed by atoms with Gasteiger partial charge in [0.15, 0.2) is 11.7 Å². The van der Waals surface area contributed by atoms with Gasteiger partial charge in [0, 0.05) is 11.7 Å². The van der Waals surface area contributed by atoms with Gasteiger partial charge in [-0.05, 0) is 49.1 Å². The maximum atomic E-state index is 11.9. The van der Waals surface area contributed by atoms with Crippen molar-refractivity contribution in [2.45, 2.75) is 52.6 Å². The lowest BCUT2D eigenvalue weighted by molar-refractivity contribution is 0.0996. The summed E-state index contributed by atoms with van der Waals surface area (Å²) in [5, 5.41) is 6.02. The van der Waals surface area contributed by atoms with E-state index in [1.807, 2.05) is 24.3 Å². The largest absolute Gasteiger partial charge is 0.459 e. The molecular formula is C21H30N4O2. The molecule has 1 atom stereocenters. The molecule has 2 aromatic rings. The zero-order chi connectivity index (χ0) is 19.6. The van der Waals surface area contributed by atoms with E-state index in [4.69, 9.17) is 10.2 Å². The number of nitrogens with two attached hydrogens (primary N) is 1. The van der Waals surface area contributed by atoms with Gasteiger partial charge >= 0.3 is 0 Å². The number of amides is 1. The number of aliphatic imine (C=N–C) groups is 1. The molecule has 6 heteroatoms. The molecule has 1 amide bonds. The zero-order valence-corrected chi connectivity index (χ0v) is 16.4. The molecule has 1 unspecified atom stereocenters. The Hall–Kier alpha value is -2.76. The standard InChI is InChI=1S/C21H30N4O2/c1-15(2)6-4-7-16(3)24-21(22)23-14-17-9-11-18(12-10-17)25-20(26)19-8-5-13-27-19/h5,8-13,15-16H,4,6-7,14H2,1-3H3,(H,25,26)(H3,22,23,24). The first-order valence-corrected chi connectivity index (χ1v) is 9.44. The number of carbonyl (C=O) groups is 1. The van der Waals surface area contributed by atoms with Crippen LogP contribution in [0.25, 0.3) is 0 Å². The van der Waals surface area contributed by atoms with E-state index < -0.39 is 0 Å². The second kappa shape index (κ2) is 10.4. The molecule has 1 aromatic heterocycles. The van der Waals surface area contributed by atoms with Crippen molar-refractivity contribution < 1.29 is 9.21 Å². The molecule has 0 bridgehead atoms. The van der Waals surface area contributed by atoms with E-state index in [9.17, 15) is 4.79 Å². The molecule has 0 aliphatic carbocycles. The highest BCUT2D eigenvalue weighted by Crippen LogP contribution is 2.12. The number of hydrogen-bond acceptors (Lipinski definition) is 3. The number of benzene rings is 1. The van der Waals surface area contributed by atoms with Gasteiger partial charge in [0.25, 0.3) is 5.91 Å². The van der Waals surface area contributed by atoms with Gasteiger partial charge in [0.1, 0.15) is 0 Å². The number of guanidine groups is 1. The first-order chi connectivity index (χ1) is 12.9. The van der Waals surface area contributed by atoms with E-state index in [1.165, 1.54) is 19.1 Å². The molecule has 0 spiro atoms. The predicted octanol–water partition coefficient (Wildman–Crippen LogP) is 4.15. The molecule has 1 aromatic carbocycles. The minimum absolute atomic E-state index is 0.273. The fourth-order valence-electron chi connectivity index (χ4n) is 2.67. The van der Waals surface area contributed by atoms with Crippen LogP contribution in [-0.4, -0.2) is 17.9 Å². The lowest BCUT2D eigenvalue weighted by atomic mass is 10.0. The molecule has 4 N–H and O–H groups in total. The van der Waals surface area contributed by atoms with E-state index in [2.05, 4.69) is 36.4 Å². The topological polar surface area (TPSA) is 92.6 Å². The van der Waals surface area contributed by atoms with Crippen LogP contribution in [0.2, 0.25) is 0 Å². The number of carbonyl (C=O) groups excluding carboxylic acids is 1. The summed E-state index contributed by atoms with van der Waals surface area (Å²) in [5.41, 5.74) is 7.70. The number of hydrogen-bond donors (Lipinski definition) is 3. The molecule has 0 aliphatic heterocycles. The molecule has 0 saturated heterocycles. The summed E-state index contributed by atoms with van der Waals surface area (Å²) < 4.78 is 5.07. The van der Waals surface area contributed by atoms with Gasteiger partial charge in [0.05, 0.1) is 12.8 Å². The Bertz CT molecular complexity index is 721. The van der Waals surface area contributed by atoms with Gasteiger partial charge in [0.2, 0.25) is 0 Å². The molecular weight excluding hydrogens is 340 g/mol. The summed E-state index contributed by atoms with van der Waals surface area (Å²) in [5.74, 6) is 1.20. The van der Waals surface area contributed by atoms with E-state index in [-0.39, 0.29) is 11.7 Å². The lowest BCUT2D eigenvalue weighted by Gasteiger charge is -2.15. The number of furan rings is 1. The van der Waals surface area contributed by atoms with Crippen LogP contribution in [-0.2, 0) is 6.54 Å². The van der Waals surface area contributed by atoms with E-state index >= 15 is 0 Å². The van der Waals surface area contributed by atoms with E-state index in [1.54, 1.807) is 12.1 Å². The fraction of sp³-hybridized carbons (Fsp3) is 0.429. The summed E-state index contributed by atoms with van der Waals surface area (Å²) in [6.45, 7) is 7.09. The molecule has 0 aliphatic rings. The number of nitrogens with zero attached hydrogens (tertiary/aromatic N) is 1. The molecule has 2 rings (SSSR count). The molecule has 0 fully saturated rings. The maximum Gasteiger partial charge on any atom is 0.291 e. The minimum atomic E-state index is -0.273. The number of nitrogens with one attached hydrogen (secondary N) is 2. The van der Waals surface area contributed by atoms with Gasteiger partial charge in [-0.25, -0.2) is 4.99 Å². The van der Waals surface area contributed by atoms with Gasteiger partial charge < -0.3 is 20.8 Å². The van der Waals surface area contributed by atoms with Crippen molar-refractivity contribution in [2.75, 3.05) is 5.32 Å². The first kappa shape index (κ1) is 20.6. The normalized spacial score (nSPS) is 12.8. The average Bonchev–Trinajstić information content (AvgIpc) is 3.15. The molecule has 27 heavy (non-hydrogen) atoms. The predicted molar refractivity (Wildman–Crippen MR) is 110 cm³/mol. The minimum Gasteiger partial charge on any atom is -0.459 e. The Kier molecular flexibility index (Phi) is 7.92. The molecule has 146 valence electrons. The molecule has 6 nitrogen and oxygen atoms in total. The third-order valence-electron chi connectivity index (χ3n) is 4.20. The van der Waals surface area contributed by atoms with Crippen molar-refractivity contribution >= 4 is 17.6 Å². The average molecular weight is 370 g/mol. The highest BCUT2D eigenvalue weighted by atomic mass is 16.3. The first-order valence-electron chi connectivity index (χ1n) is 9.44. The smallest absolute Gasteiger partial charge is 0.291 e. The zero-order valence-electron chi connectivity index (χ0n) is 16.4. The van der Waals surface area contributed by atoms with Crippen LogP contribution in [0.1, 0.15) is 56.2 Å². The van der Waals surface area contributed by atoms with Crippen molar-refractivity contribution in [3.05, 3.63) is 54.0 Å². The van der Waals surface area contributed by atoms with Crippen LogP contribution in [0.4, 0.5) is 5.69 Å². The van der Waals surface area contributed by atoms with Gasteiger partial charge in [-0.15, -0.1) is 0 Å². The summed E-state index contributed by atoms with van der Waals surface area (Å²) in [7, 11) is 0. The summed E-state index contributed by atoms with van der Waals surface area (Å²) >= 11 is 0. The second-order valence-electron chi connectivity index (χ2n) is 7.20. The van der Waals surface area contributed by atoms with Crippen molar-refractivity contribution in [1.29, 1.82) is 0 Å². The van der Waals surface area contributed by atoms with E-state index in [0.29, 0.717) is 24.2 Å². The number of rotatable bonds is 9. The summed E-state index contributed by atoms with van der Waals surface area (Å²) in [4.78, 5) is 16.3. The van der Waals surface area contributed by atoms with Gasteiger partial charge in [-0.3, -0.25) is 4.79 Å². The quantitative estimate of drug-likeness (QED) is 0.457. The Morgan fingerprint density at radius 3 is 2.52 bits per heavy atom. The van der Waals surface area contributed by atoms with Crippen molar-refractivity contribution in [3.63, 3.8) is 0 Å². The third-order valence-corrected chi connectivity index (χ3v) is 4.20. The highest BCUT2D eigenvalue weighted by Gasteiger charge is 2.08. The van der Waals surface area contributed by atoms with Crippen LogP contribution in [0, 0.1) is 5.92 Å². The SMILES string of the molecule is CC(C)CCCC(C)NC(N)=NCc1ccc(NC(=O)c2ccco2)cc1. The van der Waals surface area contributed by atoms with E-state index in [0.717, 1.165) is 17.9 Å². The Labute approximate surface area is 161 Å². The third kappa shape index (κ3) is 7.56. The highest BCUT2D eigenvalue weighted by molar-refractivity contribution is 6.02. The van der Waals surface area contributed by atoms with Crippen LogP contribution in [0.3, 0.4) is 0 Å². The Morgan fingerprint density at radius 1 is 1.15 bits per heavy atom. The maximum absolute atomic E-state index is 11.9. The van der Waals surface area contributed by atoms with Gasteiger partial charge in [-0.2, -0.15) is 0 Å². The van der Waals surface area contributed by atoms with Crippen molar-refractivity contribution in [1.82, 2.24) is 5.32 Å². The monoisotopic (exact) mass is 370 g/mol. The Balaban J connectivity index is 1.78. The number of anilines is 1. The van der Waals surface area contributed by atoms with Crippen molar-refractivity contribution in [3.8, 4) is 0 Å². The molecule has 1 heterocycles. The van der Waals surface area contributed by atoms with Crippen LogP contribution in [0.15, 0.2) is 52.1 Å². The van der Waals surface area contributed by atoms with Crippen LogP contribution < -0.4 is 16.4 Å². The van der Waals surface area contributed by atoms with Gasteiger partial charge in [-0.1, -0.05) is 38.8 Å². The molecule has 0 radical (unpaired) electrons. The van der Waals surface area contributed by atoms with Crippen LogP contribution in [0.5, 0.6) is 0 Å².